The Balaban J connectivity index is 2.37. The molecule has 0 aliphatic carbocycles. The summed E-state index contributed by atoms with van der Waals surface area (Å²) in [5.41, 5.74) is -2.14. The lowest BCUT2D eigenvalue weighted by Gasteiger charge is -2.20. The smallest absolute Gasteiger partial charge is 0.458 e. The minimum atomic E-state index is -5.82. The Morgan fingerprint density at radius 2 is 1.83 bits per heavy atom. The Hall–Kier alpha value is -2.42. The number of aromatic nitrogens is 1. The Morgan fingerprint density at radius 3 is 2.42 bits per heavy atom. The molecule has 0 fully saturated rings. The topological polar surface area (TPSA) is 62.2 Å². The first kappa shape index (κ1) is 17.9. The van der Waals surface area contributed by atoms with Crippen LogP contribution in [0, 0.1) is 0 Å². The van der Waals surface area contributed by atoms with E-state index in [1.165, 1.54) is 12.3 Å². The predicted molar refractivity (Wildman–Crippen MR) is 75.3 cm³/mol. The molecule has 1 amide bonds. The first-order valence-corrected chi connectivity index (χ1v) is 6.60. The van der Waals surface area contributed by atoms with Crippen LogP contribution < -0.4 is 5.32 Å². The van der Waals surface area contributed by atoms with E-state index >= 15 is 0 Å². The third-order valence-electron chi connectivity index (χ3n) is 2.98. The van der Waals surface area contributed by atoms with Gasteiger partial charge in [0.05, 0.1) is 16.3 Å². The van der Waals surface area contributed by atoms with Crippen molar-refractivity contribution in [2.75, 3.05) is 5.32 Å². The Bertz CT molecular complexity index is 780. The number of amides is 1. The third-order valence-corrected chi connectivity index (χ3v) is 3.28. The van der Waals surface area contributed by atoms with Crippen LogP contribution in [0.1, 0.15) is 15.9 Å². The van der Waals surface area contributed by atoms with E-state index in [1.54, 1.807) is 0 Å². The largest absolute Gasteiger partial charge is 0.506 e. The van der Waals surface area contributed by atoms with Crippen molar-refractivity contribution >= 4 is 23.2 Å². The summed E-state index contributed by atoms with van der Waals surface area (Å²) in [4.78, 5) is 15.6. The van der Waals surface area contributed by atoms with Gasteiger partial charge in [-0.1, -0.05) is 11.6 Å². The van der Waals surface area contributed by atoms with Crippen molar-refractivity contribution in [3.63, 3.8) is 0 Å². The first-order valence-electron chi connectivity index (χ1n) is 6.23. The van der Waals surface area contributed by atoms with E-state index in [0.717, 1.165) is 6.20 Å². The molecule has 1 heterocycles. The molecular weight excluding hydrogens is 359 g/mol. The van der Waals surface area contributed by atoms with Gasteiger partial charge in [-0.05, 0) is 24.3 Å². The number of aromatic hydroxyl groups is 1. The molecule has 0 radical (unpaired) electrons. The predicted octanol–water partition coefficient (Wildman–Crippen LogP) is 4.35. The number of phenols is 1. The van der Waals surface area contributed by atoms with Crippen molar-refractivity contribution < 1.29 is 31.9 Å². The summed E-state index contributed by atoms with van der Waals surface area (Å²) in [7, 11) is 0. The van der Waals surface area contributed by atoms with Crippen LogP contribution in [0.25, 0.3) is 0 Å². The number of rotatable bonds is 3. The molecule has 2 aromatic rings. The summed E-state index contributed by atoms with van der Waals surface area (Å²) in [5.74, 6) is -6.74. The standard InChI is InChI=1S/C14H8ClF5N2O2/c15-9-6-21-4-3-8(9)12(24)22-10-5-7(1-2-11(10)23)13(16,17)14(18,19)20/h1-6,23H,(H,22,24). The van der Waals surface area contributed by atoms with E-state index in [0.29, 0.717) is 18.2 Å². The second-order valence-corrected chi connectivity index (χ2v) is 5.02. The highest BCUT2D eigenvalue weighted by molar-refractivity contribution is 6.34. The average molecular weight is 367 g/mol. The second-order valence-electron chi connectivity index (χ2n) is 4.61. The number of pyridine rings is 1. The monoisotopic (exact) mass is 366 g/mol. The van der Waals surface area contributed by atoms with E-state index in [4.69, 9.17) is 11.6 Å². The molecule has 128 valence electrons. The number of hydrogen-bond acceptors (Lipinski definition) is 3. The van der Waals surface area contributed by atoms with Gasteiger partial charge in [0, 0.05) is 18.0 Å². The Kier molecular flexibility index (Phi) is 4.66. The number of carbonyl (C=O) groups excluding carboxylic acids is 1. The minimum Gasteiger partial charge on any atom is -0.506 e. The SMILES string of the molecule is O=C(Nc1cc(C(F)(F)C(F)(F)F)ccc1O)c1ccncc1Cl. The maximum atomic E-state index is 13.4. The molecule has 1 aromatic carbocycles. The lowest BCUT2D eigenvalue weighted by Crippen LogP contribution is -2.33. The molecule has 0 atom stereocenters. The van der Waals surface area contributed by atoms with E-state index in [9.17, 15) is 31.9 Å². The Morgan fingerprint density at radius 1 is 1.17 bits per heavy atom. The van der Waals surface area contributed by atoms with Crippen molar-refractivity contribution in [1.82, 2.24) is 4.98 Å². The summed E-state index contributed by atoms with van der Waals surface area (Å²) in [5, 5.41) is 11.5. The number of carbonyl (C=O) groups is 1. The molecule has 2 rings (SSSR count). The van der Waals surface area contributed by atoms with Gasteiger partial charge in [-0.25, -0.2) is 0 Å². The number of alkyl halides is 5. The van der Waals surface area contributed by atoms with Gasteiger partial charge in [-0.3, -0.25) is 9.78 Å². The fourth-order valence-electron chi connectivity index (χ4n) is 1.74. The fraction of sp³-hybridized carbons (Fsp3) is 0.143. The molecule has 0 bridgehead atoms. The van der Waals surface area contributed by atoms with Crippen LogP contribution in [0.15, 0.2) is 36.7 Å². The van der Waals surface area contributed by atoms with Crippen molar-refractivity contribution in [2.45, 2.75) is 12.1 Å². The number of anilines is 1. The number of phenolic OH excluding ortho intramolecular Hbond substituents is 1. The zero-order chi connectivity index (χ0) is 18.1. The quantitative estimate of drug-likeness (QED) is 0.627. The lowest BCUT2D eigenvalue weighted by molar-refractivity contribution is -0.289. The molecule has 1 aromatic heterocycles. The van der Waals surface area contributed by atoms with Gasteiger partial charge in [0.15, 0.2) is 0 Å². The highest BCUT2D eigenvalue weighted by atomic mass is 35.5. The maximum absolute atomic E-state index is 13.4. The molecule has 10 heteroatoms. The number of nitrogens with one attached hydrogen (secondary N) is 1. The fourth-order valence-corrected chi connectivity index (χ4v) is 1.95. The van der Waals surface area contributed by atoms with Crippen LogP contribution in [0.2, 0.25) is 5.02 Å². The number of nitrogens with zero attached hydrogens (tertiary/aromatic N) is 1. The second kappa shape index (κ2) is 6.23. The van der Waals surface area contributed by atoms with Crippen molar-refractivity contribution in [3.05, 3.63) is 52.8 Å². The van der Waals surface area contributed by atoms with Crippen LogP contribution in [0.3, 0.4) is 0 Å². The minimum absolute atomic E-state index is 0.0636. The first-order chi connectivity index (χ1) is 11.0. The van der Waals surface area contributed by atoms with E-state index in [1.807, 2.05) is 5.32 Å². The summed E-state index contributed by atoms with van der Waals surface area (Å²) in [6, 6.07) is 2.59. The molecule has 0 spiro atoms. The molecule has 4 nitrogen and oxygen atoms in total. The third kappa shape index (κ3) is 3.40. The summed E-state index contributed by atoms with van der Waals surface area (Å²) < 4.78 is 63.9. The summed E-state index contributed by atoms with van der Waals surface area (Å²) >= 11 is 5.73. The van der Waals surface area contributed by atoms with Gasteiger partial charge in [0.2, 0.25) is 0 Å². The van der Waals surface area contributed by atoms with Crippen LogP contribution in [0.5, 0.6) is 5.75 Å². The summed E-state index contributed by atoms with van der Waals surface area (Å²) in [6.07, 6.45) is -3.45. The highest BCUT2D eigenvalue weighted by Crippen LogP contribution is 2.45. The maximum Gasteiger partial charge on any atom is 0.458 e. The van der Waals surface area contributed by atoms with Gasteiger partial charge in [-0.15, -0.1) is 0 Å². The van der Waals surface area contributed by atoms with Gasteiger partial charge in [0.1, 0.15) is 5.75 Å². The number of halogens is 6. The number of benzene rings is 1. The zero-order valence-electron chi connectivity index (χ0n) is 11.5. The van der Waals surface area contributed by atoms with Gasteiger partial charge < -0.3 is 10.4 Å². The normalized spacial score (nSPS) is 12.1. The summed E-state index contributed by atoms with van der Waals surface area (Å²) in [6.45, 7) is 0. The van der Waals surface area contributed by atoms with Gasteiger partial charge in [-0.2, -0.15) is 22.0 Å². The molecule has 0 aliphatic heterocycles. The average Bonchev–Trinajstić information content (AvgIpc) is 2.48. The molecule has 0 saturated heterocycles. The highest BCUT2D eigenvalue weighted by Gasteiger charge is 2.58. The molecule has 0 unspecified atom stereocenters. The Labute approximate surface area is 136 Å². The van der Waals surface area contributed by atoms with Gasteiger partial charge in [0.25, 0.3) is 5.91 Å². The molecule has 24 heavy (non-hydrogen) atoms. The van der Waals surface area contributed by atoms with Crippen molar-refractivity contribution in [1.29, 1.82) is 0 Å². The van der Waals surface area contributed by atoms with E-state index in [2.05, 4.69) is 4.98 Å². The van der Waals surface area contributed by atoms with Crippen molar-refractivity contribution in [2.24, 2.45) is 0 Å². The molecular formula is C14H8ClF5N2O2. The van der Waals surface area contributed by atoms with Crippen LogP contribution in [-0.4, -0.2) is 22.2 Å². The zero-order valence-corrected chi connectivity index (χ0v) is 12.3. The number of hydrogen-bond donors (Lipinski definition) is 2. The van der Waals surface area contributed by atoms with E-state index in [-0.39, 0.29) is 10.6 Å². The lowest BCUT2D eigenvalue weighted by atomic mass is 10.1. The van der Waals surface area contributed by atoms with Crippen molar-refractivity contribution in [3.8, 4) is 5.75 Å². The molecule has 0 aliphatic rings. The molecule has 0 saturated carbocycles. The molecule has 2 N–H and O–H groups in total. The van der Waals surface area contributed by atoms with Crippen LogP contribution >= 0.6 is 11.6 Å². The van der Waals surface area contributed by atoms with E-state index < -0.39 is 35.0 Å². The van der Waals surface area contributed by atoms with Gasteiger partial charge >= 0.3 is 12.1 Å². The van der Waals surface area contributed by atoms with Crippen LogP contribution in [-0.2, 0) is 5.92 Å². The van der Waals surface area contributed by atoms with Crippen LogP contribution in [0.4, 0.5) is 27.6 Å².